The molecule has 0 spiro atoms. The number of rotatable bonds is 10. The molecule has 1 aromatic carbocycles. The standard InChI is InChI=1S/C23H28N2O6S/c1-6-30-23(29)21-14(3)20(15(4)24-21)18(26)11-31-22(28)16(5)32-12-19(27)25-17-9-7-13(2)8-10-17/h7-10,16,24H,6,11-12H2,1-5H3,(H,25,27). The van der Waals surface area contributed by atoms with Gasteiger partial charge in [0.1, 0.15) is 10.9 Å². The molecule has 1 atom stereocenters. The van der Waals surface area contributed by atoms with Crippen LogP contribution in [0.5, 0.6) is 0 Å². The van der Waals surface area contributed by atoms with Gasteiger partial charge in [0.05, 0.1) is 12.4 Å². The number of anilines is 1. The van der Waals surface area contributed by atoms with Gasteiger partial charge in [-0.05, 0) is 52.3 Å². The molecule has 0 bridgehead atoms. The van der Waals surface area contributed by atoms with E-state index in [0.717, 1.165) is 17.3 Å². The van der Waals surface area contributed by atoms with Gasteiger partial charge in [-0.1, -0.05) is 17.7 Å². The van der Waals surface area contributed by atoms with Crippen molar-refractivity contribution in [2.45, 2.75) is 39.9 Å². The summed E-state index contributed by atoms with van der Waals surface area (Å²) < 4.78 is 10.1. The van der Waals surface area contributed by atoms with Gasteiger partial charge in [0.2, 0.25) is 11.7 Å². The largest absolute Gasteiger partial charge is 0.461 e. The molecule has 0 aliphatic rings. The Morgan fingerprint density at radius 2 is 1.72 bits per heavy atom. The molecule has 0 aliphatic carbocycles. The van der Waals surface area contributed by atoms with Crippen molar-refractivity contribution in [3.8, 4) is 0 Å². The summed E-state index contributed by atoms with van der Waals surface area (Å²) in [6, 6.07) is 7.39. The monoisotopic (exact) mass is 460 g/mol. The summed E-state index contributed by atoms with van der Waals surface area (Å²) in [6.07, 6.45) is 0. The van der Waals surface area contributed by atoms with E-state index in [-0.39, 0.29) is 24.0 Å². The van der Waals surface area contributed by atoms with Crippen LogP contribution < -0.4 is 5.32 Å². The predicted molar refractivity (Wildman–Crippen MR) is 123 cm³/mol. The number of carbonyl (C=O) groups excluding carboxylic acids is 4. The molecule has 2 rings (SSSR count). The summed E-state index contributed by atoms with van der Waals surface area (Å²) in [5.74, 6) is -1.73. The summed E-state index contributed by atoms with van der Waals surface area (Å²) in [7, 11) is 0. The second-order valence-electron chi connectivity index (χ2n) is 7.24. The number of ketones is 1. The van der Waals surface area contributed by atoms with Crippen LogP contribution in [0.3, 0.4) is 0 Å². The number of ether oxygens (including phenoxy) is 2. The quantitative estimate of drug-likeness (QED) is 0.411. The van der Waals surface area contributed by atoms with Crippen molar-refractivity contribution in [2.24, 2.45) is 0 Å². The van der Waals surface area contributed by atoms with Crippen molar-refractivity contribution >= 4 is 41.1 Å². The number of nitrogens with one attached hydrogen (secondary N) is 2. The van der Waals surface area contributed by atoms with Crippen LogP contribution in [0.4, 0.5) is 5.69 Å². The molecule has 8 nitrogen and oxygen atoms in total. The first-order valence-corrected chi connectivity index (χ1v) is 11.2. The maximum absolute atomic E-state index is 12.6. The molecule has 1 aromatic heterocycles. The van der Waals surface area contributed by atoms with Gasteiger partial charge in [0, 0.05) is 16.9 Å². The maximum atomic E-state index is 12.6. The minimum Gasteiger partial charge on any atom is -0.461 e. The first kappa shape index (κ1) is 25.2. The van der Waals surface area contributed by atoms with Gasteiger partial charge in [-0.25, -0.2) is 4.79 Å². The van der Waals surface area contributed by atoms with Crippen molar-refractivity contribution in [3.63, 3.8) is 0 Å². The number of aromatic amines is 1. The van der Waals surface area contributed by atoms with Crippen LogP contribution in [0, 0.1) is 20.8 Å². The van der Waals surface area contributed by atoms with Crippen LogP contribution in [-0.2, 0) is 19.1 Å². The maximum Gasteiger partial charge on any atom is 0.355 e. The highest BCUT2D eigenvalue weighted by atomic mass is 32.2. The number of esters is 2. The number of Topliss-reactive ketones (excluding diaryl/α,β-unsaturated/α-hetero) is 1. The van der Waals surface area contributed by atoms with Crippen LogP contribution in [0.25, 0.3) is 0 Å². The summed E-state index contributed by atoms with van der Waals surface area (Å²) in [6.45, 7) is 8.32. The number of hydrogen-bond donors (Lipinski definition) is 2. The SMILES string of the molecule is CCOC(=O)c1[nH]c(C)c(C(=O)COC(=O)C(C)SCC(=O)Nc2ccc(C)cc2)c1C. The van der Waals surface area contributed by atoms with E-state index >= 15 is 0 Å². The molecule has 0 saturated heterocycles. The molecule has 1 amide bonds. The molecule has 2 aromatic rings. The van der Waals surface area contributed by atoms with E-state index in [9.17, 15) is 19.2 Å². The lowest BCUT2D eigenvalue weighted by atomic mass is 10.1. The Bertz CT molecular complexity index is 997. The van der Waals surface area contributed by atoms with Crippen molar-refractivity contribution in [1.82, 2.24) is 4.98 Å². The van der Waals surface area contributed by atoms with Crippen molar-refractivity contribution in [3.05, 3.63) is 52.3 Å². The van der Waals surface area contributed by atoms with Crippen LogP contribution >= 0.6 is 11.8 Å². The fraction of sp³-hybridized carbons (Fsp3) is 0.391. The first-order chi connectivity index (χ1) is 15.1. The number of aryl methyl sites for hydroxylation is 2. The van der Waals surface area contributed by atoms with E-state index in [0.29, 0.717) is 22.5 Å². The fourth-order valence-corrected chi connectivity index (χ4v) is 3.68. The summed E-state index contributed by atoms with van der Waals surface area (Å²) >= 11 is 1.12. The van der Waals surface area contributed by atoms with Crippen LogP contribution in [-0.4, -0.2) is 52.8 Å². The summed E-state index contributed by atoms with van der Waals surface area (Å²) in [5.41, 5.74) is 3.24. The van der Waals surface area contributed by atoms with Gasteiger partial charge in [-0.3, -0.25) is 14.4 Å². The topological polar surface area (TPSA) is 115 Å². The Labute approximate surface area is 191 Å². The highest BCUT2D eigenvalue weighted by Crippen LogP contribution is 2.20. The summed E-state index contributed by atoms with van der Waals surface area (Å²) in [5, 5.41) is 2.13. The zero-order valence-electron chi connectivity index (χ0n) is 18.9. The lowest BCUT2D eigenvalue weighted by Crippen LogP contribution is -2.24. The number of amides is 1. The zero-order chi connectivity index (χ0) is 23.8. The lowest BCUT2D eigenvalue weighted by Gasteiger charge is -2.11. The molecule has 32 heavy (non-hydrogen) atoms. The molecule has 1 unspecified atom stereocenters. The number of H-pyrrole nitrogens is 1. The van der Waals surface area contributed by atoms with Gasteiger partial charge < -0.3 is 19.8 Å². The minimum atomic E-state index is -0.630. The minimum absolute atomic E-state index is 0.0665. The van der Waals surface area contributed by atoms with E-state index in [1.54, 1.807) is 39.8 Å². The third kappa shape index (κ3) is 6.71. The third-order valence-electron chi connectivity index (χ3n) is 4.67. The number of thioether (sulfide) groups is 1. The fourth-order valence-electron chi connectivity index (χ4n) is 3.00. The molecule has 0 saturated carbocycles. The van der Waals surface area contributed by atoms with Gasteiger partial charge >= 0.3 is 11.9 Å². The Morgan fingerprint density at radius 3 is 2.34 bits per heavy atom. The molecule has 172 valence electrons. The molecule has 0 aliphatic heterocycles. The Morgan fingerprint density at radius 1 is 1.06 bits per heavy atom. The molecular formula is C23H28N2O6S. The molecular weight excluding hydrogens is 432 g/mol. The Balaban J connectivity index is 1.85. The van der Waals surface area contributed by atoms with E-state index < -0.39 is 29.6 Å². The lowest BCUT2D eigenvalue weighted by molar-refractivity contribution is -0.141. The van der Waals surface area contributed by atoms with Crippen molar-refractivity contribution in [2.75, 3.05) is 24.3 Å². The second-order valence-corrected chi connectivity index (χ2v) is 8.57. The van der Waals surface area contributed by atoms with Gasteiger partial charge in [0.15, 0.2) is 6.61 Å². The highest BCUT2D eigenvalue weighted by Gasteiger charge is 2.24. The van der Waals surface area contributed by atoms with Gasteiger partial charge in [-0.2, -0.15) is 0 Å². The zero-order valence-corrected chi connectivity index (χ0v) is 19.7. The summed E-state index contributed by atoms with van der Waals surface area (Å²) in [4.78, 5) is 51.7. The van der Waals surface area contributed by atoms with Crippen molar-refractivity contribution in [1.29, 1.82) is 0 Å². The van der Waals surface area contributed by atoms with Crippen LogP contribution in [0.1, 0.15) is 51.5 Å². The predicted octanol–water partition coefficient (Wildman–Crippen LogP) is 3.60. The van der Waals surface area contributed by atoms with E-state index in [4.69, 9.17) is 9.47 Å². The number of carbonyl (C=O) groups is 4. The first-order valence-electron chi connectivity index (χ1n) is 10.2. The average molecular weight is 461 g/mol. The number of benzene rings is 1. The normalized spacial score (nSPS) is 11.5. The second kappa shape index (κ2) is 11.5. The molecule has 0 fully saturated rings. The molecule has 1 heterocycles. The van der Waals surface area contributed by atoms with Crippen LogP contribution in [0.15, 0.2) is 24.3 Å². The third-order valence-corrected chi connectivity index (χ3v) is 5.79. The number of aromatic nitrogens is 1. The Hall–Kier alpha value is -3.07. The smallest absolute Gasteiger partial charge is 0.355 e. The number of hydrogen-bond acceptors (Lipinski definition) is 7. The van der Waals surface area contributed by atoms with E-state index in [2.05, 4.69) is 10.3 Å². The molecule has 2 N–H and O–H groups in total. The van der Waals surface area contributed by atoms with Crippen LogP contribution in [0.2, 0.25) is 0 Å². The average Bonchev–Trinajstić information content (AvgIpc) is 3.06. The van der Waals surface area contributed by atoms with E-state index in [1.807, 2.05) is 19.1 Å². The van der Waals surface area contributed by atoms with E-state index in [1.165, 1.54) is 0 Å². The van der Waals surface area contributed by atoms with Gasteiger partial charge in [-0.15, -0.1) is 11.8 Å². The van der Waals surface area contributed by atoms with Crippen molar-refractivity contribution < 1.29 is 28.7 Å². The van der Waals surface area contributed by atoms with Gasteiger partial charge in [0.25, 0.3) is 0 Å². The highest BCUT2D eigenvalue weighted by molar-refractivity contribution is 8.01. The Kier molecular flexibility index (Phi) is 9.07. The molecule has 9 heteroatoms. The molecule has 0 radical (unpaired) electrons.